The second-order valence-electron chi connectivity index (χ2n) is 8.17. The van der Waals surface area contributed by atoms with Gasteiger partial charge in [-0.1, -0.05) is 17.7 Å². The first-order chi connectivity index (χ1) is 15.1. The Morgan fingerprint density at radius 2 is 1.74 bits per heavy atom. The van der Waals surface area contributed by atoms with E-state index in [2.05, 4.69) is 11.0 Å². The van der Waals surface area contributed by atoms with Gasteiger partial charge in [0.2, 0.25) is 18.6 Å². The number of ether oxygens (including phenoxy) is 2. The summed E-state index contributed by atoms with van der Waals surface area (Å²) < 4.78 is 10.8. The molecule has 0 saturated carbocycles. The molecule has 0 unspecified atom stereocenters. The van der Waals surface area contributed by atoms with Crippen LogP contribution in [0.4, 0.5) is 5.69 Å². The summed E-state index contributed by atoms with van der Waals surface area (Å²) in [5.74, 6) is 1.36. The fraction of sp³-hybridized carbons (Fsp3) is 0.391. The van der Waals surface area contributed by atoms with Crippen LogP contribution in [0.5, 0.6) is 11.5 Å². The summed E-state index contributed by atoms with van der Waals surface area (Å²) in [5, 5.41) is 0.627. The van der Waals surface area contributed by atoms with Crippen LogP contribution in [0.15, 0.2) is 42.5 Å². The number of rotatable bonds is 4. The minimum Gasteiger partial charge on any atom is -0.454 e. The molecule has 5 rings (SSSR count). The third kappa shape index (κ3) is 4.20. The first kappa shape index (κ1) is 20.2. The summed E-state index contributed by atoms with van der Waals surface area (Å²) in [6, 6.07) is 13.2. The molecule has 3 heterocycles. The van der Waals surface area contributed by atoms with Gasteiger partial charge in [0, 0.05) is 56.4 Å². The molecule has 1 atom stereocenters. The van der Waals surface area contributed by atoms with E-state index < -0.39 is 0 Å². The Morgan fingerprint density at radius 1 is 1.00 bits per heavy atom. The Morgan fingerprint density at radius 3 is 2.52 bits per heavy atom. The van der Waals surface area contributed by atoms with E-state index in [-0.39, 0.29) is 30.9 Å². The summed E-state index contributed by atoms with van der Waals surface area (Å²) in [5.41, 5.74) is 1.96. The molecule has 7 nitrogen and oxygen atoms in total. The Kier molecular flexibility index (Phi) is 5.46. The van der Waals surface area contributed by atoms with Gasteiger partial charge in [-0.05, 0) is 42.0 Å². The fourth-order valence-electron chi connectivity index (χ4n) is 4.43. The summed E-state index contributed by atoms with van der Waals surface area (Å²) >= 11 is 5.94. The zero-order valence-electron chi connectivity index (χ0n) is 17.1. The highest BCUT2D eigenvalue weighted by Crippen LogP contribution is 2.33. The summed E-state index contributed by atoms with van der Waals surface area (Å²) in [6.45, 7) is 4.48. The van der Waals surface area contributed by atoms with Crippen molar-refractivity contribution in [1.29, 1.82) is 0 Å². The molecule has 0 N–H and O–H groups in total. The molecule has 3 aliphatic heterocycles. The lowest BCUT2D eigenvalue weighted by atomic mass is 10.1. The van der Waals surface area contributed by atoms with Crippen molar-refractivity contribution >= 4 is 29.1 Å². The maximum atomic E-state index is 13.0. The van der Waals surface area contributed by atoms with E-state index in [1.807, 2.05) is 29.2 Å². The third-order valence-corrected chi connectivity index (χ3v) is 6.39. The maximum Gasteiger partial charge on any atom is 0.231 e. The van der Waals surface area contributed by atoms with E-state index in [9.17, 15) is 9.59 Å². The molecule has 8 heteroatoms. The van der Waals surface area contributed by atoms with Crippen LogP contribution in [0.25, 0.3) is 0 Å². The van der Waals surface area contributed by atoms with Crippen LogP contribution in [0.1, 0.15) is 12.0 Å². The van der Waals surface area contributed by atoms with Crippen LogP contribution < -0.4 is 14.4 Å². The molecule has 2 aromatic carbocycles. The number of benzene rings is 2. The van der Waals surface area contributed by atoms with Gasteiger partial charge in [0.25, 0.3) is 0 Å². The monoisotopic (exact) mass is 441 g/mol. The van der Waals surface area contributed by atoms with Crippen molar-refractivity contribution in [3.8, 4) is 11.5 Å². The molecule has 2 saturated heterocycles. The highest BCUT2D eigenvalue weighted by atomic mass is 35.5. The largest absolute Gasteiger partial charge is 0.454 e. The van der Waals surface area contributed by atoms with Crippen LogP contribution >= 0.6 is 11.6 Å². The van der Waals surface area contributed by atoms with Crippen LogP contribution in [-0.4, -0.2) is 61.1 Å². The van der Waals surface area contributed by atoms with E-state index in [0.29, 0.717) is 24.7 Å². The zero-order valence-corrected chi connectivity index (χ0v) is 17.9. The number of nitrogens with zero attached hydrogens (tertiary/aromatic N) is 3. The SMILES string of the molecule is O=C([C@H]1CC(=O)N(c2ccc(Cl)cc2)C1)N1CCN(Cc2ccc3c(c2)OCO3)CC1. The lowest BCUT2D eigenvalue weighted by molar-refractivity contribution is -0.137. The first-order valence-electron chi connectivity index (χ1n) is 10.5. The van der Waals surface area contributed by atoms with Gasteiger partial charge in [0.15, 0.2) is 11.5 Å². The first-order valence-corrected chi connectivity index (χ1v) is 10.9. The van der Waals surface area contributed by atoms with Crippen LogP contribution in [0.3, 0.4) is 0 Å². The molecule has 0 aliphatic carbocycles. The topological polar surface area (TPSA) is 62.3 Å². The van der Waals surface area contributed by atoms with Crippen molar-refractivity contribution in [1.82, 2.24) is 9.80 Å². The number of fused-ring (bicyclic) bond motifs is 1. The van der Waals surface area contributed by atoms with Gasteiger partial charge >= 0.3 is 0 Å². The second-order valence-corrected chi connectivity index (χ2v) is 8.61. The molecule has 0 spiro atoms. The normalized spacial score (nSPS) is 21.1. The van der Waals surface area contributed by atoms with E-state index in [1.54, 1.807) is 17.0 Å². The fourth-order valence-corrected chi connectivity index (χ4v) is 4.55. The predicted octanol–water partition coefficient (Wildman–Crippen LogP) is 2.77. The van der Waals surface area contributed by atoms with Gasteiger partial charge in [-0.15, -0.1) is 0 Å². The van der Waals surface area contributed by atoms with Crippen molar-refractivity contribution in [3.05, 3.63) is 53.1 Å². The third-order valence-electron chi connectivity index (χ3n) is 6.14. The van der Waals surface area contributed by atoms with Gasteiger partial charge < -0.3 is 19.3 Å². The standard InChI is InChI=1S/C23H24ClN3O4/c24-18-2-4-19(5-3-18)27-14-17(12-22(27)28)23(29)26-9-7-25(8-10-26)13-16-1-6-20-21(11-16)31-15-30-20/h1-6,11,17H,7-10,12-15H2/t17-/m0/s1. The highest BCUT2D eigenvalue weighted by molar-refractivity contribution is 6.30. The molecule has 3 aliphatic rings. The van der Waals surface area contributed by atoms with E-state index >= 15 is 0 Å². The van der Waals surface area contributed by atoms with Gasteiger partial charge in [0.05, 0.1) is 5.92 Å². The van der Waals surface area contributed by atoms with Gasteiger partial charge in [0.1, 0.15) is 0 Å². The van der Waals surface area contributed by atoms with Gasteiger partial charge in [-0.2, -0.15) is 0 Å². The Balaban J connectivity index is 1.15. The number of hydrogen-bond donors (Lipinski definition) is 0. The summed E-state index contributed by atoms with van der Waals surface area (Å²) in [6.07, 6.45) is 0.263. The van der Waals surface area contributed by atoms with Crippen LogP contribution in [0.2, 0.25) is 5.02 Å². The lowest BCUT2D eigenvalue weighted by Gasteiger charge is -2.36. The summed E-state index contributed by atoms with van der Waals surface area (Å²) in [4.78, 5) is 31.5. The van der Waals surface area contributed by atoms with Gasteiger partial charge in [-0.25, -0.2) is 0 Å². The smallest absolute Gasteiger partial charge is 0.231 e. The number of hydrogen-bond acceptors (Lipinski definition) is 5. The van der Waals surface area contributed by atoms with E-state index in [0.717, 1.165) is 36.8 Å². The van der Waals surface area contributed by atoms with Crippen molar-refractivity contribution in [3.63, 3.8) is 0 Å². The average molecular weight is 442 g/mol. The minimum atomic E-state index is -0.288. The predicted molar refractivity (Wildman–Crippen MR) is 116 cm³/mol. The molecule has 0 bridgehead atoms. The molecule has 2 aromatic rings. The second kappa shape index (κ2) is 8.40. The Hall–Kier alpha value is -2.77. The molecular formula is C23H24ClN3O4. The molecule has 2 amide bonds. The number of carbonyl (C=O) groups is 2. The van der Waals surface area contributed by atoms with E-state index in [4.69, 9.17) is 21.1 Å². The van der Waals surface area contributed by atoms with Crippen molar-refractivity contribution in [2.75, 3.05) is 44.4 Å². The Labute approximate surface area is 186 Å². The average Bonchev–Trinajstić information content (AvgIpc) is 3.40. The Bertz CT molecular complexity index is 989. The summed E-state index contributed by atoms with van der Waals surface area (Å²) in [7, 11) is 0. The van der Waals surface area contributed by atoms with Gasteiger partial charge in [-0.3, -0.25) is 14.5 Å². The van der Waals surface area contributed by atoms with E-state index in [1.165, 1.54) is 5.56 Å². The number of amides is 2. The number of halogens is 1. The quantitative estimate of drug-likeness (QED) is 0.730. The van der Waals surface area contributed by atoms with Crippen LogP contribution in [-0.2, 0) is 16.1 Å². The number of piperazine rings is 1. The number of carbonyl (C=O) groups excluding carboxylic acids is 2. The highest BCUT2D eigenvalue weighted by Gasteiger charge is 2.38. The molecular weight excluding hydrogens is 418 g/mol. The molecule has 0 aromatic heterocycles. The molecule has 2 fully saturated rings. The van der Waals surface area contributed by atoms with Crippen molar-refractivity contribution < 1.29 is 19.1 Å². The zero-order chi connectivity index (χ0) is 21.4. The molecule has 0 radical (unpaired) electrons. The van der Waals surface area contributed by atoms with Crippen molar-refractivity contribution in [2.24, 2.45) is 5.92 Å². The number of anilines is 1. The maximum absolute atomic E-state index is 13.0. The lowest BCUT2D eigenvalue weighted by Crippen LogP contribution is -2.50. The van der Waals surface area contributed by atoms with Crippen molar-refractivity contribution in [2.45, 2.75) is 13.0 Å². The molecule has 162 valence electrons. The molecule has 31 heavy (non-hydrogen) atoms. The van der Waals surface area contributed by atoms with Crippen LogP contribution in [0, 0.1) is 5.92 Å². The minimum absolute atomic E-state index is 0.0119.